The third-order valence-corrected chi connectivity index (χ3v) is 2.55. The molecular weight excluding hydrogens is 273 g/mol. The van der Waals surface area contributed by atoms with Crippen LogP contribution in [0.1, 0.15) is 15.9 Å². The van der Waals surface area contributed by atoms with Crippen molar-refractivity contribution < 1.29 is 22.7 Å². The summed E-state index contributed by atoms with van der Waals surface area (Å²) in [5, 5.41) is 3.88. The Hall–Kier alpha value is -2.31. The van der Waals surface area contributed by atoms with E-state index in [1.165, 1.54) is 35.1 Å². The fraction of sp³-hybridized carbons (Fsp3) is 0.231. The Morgan fingerprint density at radius 3 is 2.45 bits per heavy atom. The third kappa shape index (κ3) is 3.84. The number of benzene rings is 1. The topological polar surface area (TPSA) is 44.1 Å². The minimum Gasteiger partial charge on any atom is -0.406 e. The summed E-state index contributed by atoms with van der Waals surface area (Å²) in [4.78, 5) is 11.9. The van der Waals surface area contributed by atoms with Crippen LogP contribution in [0.2, 0.25) is 0 Å². The molecule has 1 aromatic heterocycles. The number of carbonyl (C=O) groups is 1. The zero-order valence-electron chi connectivity index (χ0n) is 10.5. The molecule has 1 heterocycles. The molecular formula is C13H11F3N2O2. The van der Waals surface area contributed by atoms with E-state index in [9.17, 15) is 18.0 Å². The van der Waals surface area contributed by atoms with Crippen molar-refractivity contribution in [3.05, 3.63) is 47.8 Å². The van der Waals surface area contributed by atoms with Gasteiger partial charge < -0.3 is 4.74 Å². The number of aryl methyl sites for hydroxylation is 1. The van der Waals surface area contributed by atoms with Crippen LogP contribution < -0.4 is 4.74 Å². The highest BCUT2D eigenvalue weighted by Crippen LogP contribution is 2.23. The standard InChI is InChI=1S/C13H11F3N2O2/c1-18-8-10(7-17-18)12(19)6-9-2-4-11(5-3-9)20-13(14,15)16/h2-5,7-8H,6H2,1H3. The van der Waals surface area contributed by atoms with Gasteiger partial charge in [-0.05, 0) is 17.7 Å². The zero-order valence-corrected chi connectivity index (χ0v) is 10.5. The van der Waals surface area contributed by atoms with Crippen LogP contribution in [0.25, 0.3) is 0 Å². The van der Waals surface area contributed by atoms with Gasteiger partial charge >= 0.3 is 6.36 Å². The second-order valence-electron chi connectivity index (χ2n) is 4.19. The summed E-state index contributed by atoms with van der Waals surface area (Å²) >= 11 is 0. The number of hydrogen-bond donors (Lipinski definition) is 0. The smallest absolute Gasteiger partial charge is 0.406 e. The molecule has 0 aliphatic heterocycles. The average molecular weight is 284 g/mol. The van der Waals surface area contributed by atoms with Gasteiger partial charge in [-0.25, -0.2) is 0 Å². The second-order valence-corrected chi connectivity index (χ2v) is 4.19. The molecule has 0 unspecified atom stereocenters. The van der Waals surface area contributed by atoms with E-state index in [2.05, 4.69) is 9.84 Å². The maximum atomic E-state index is 12.0. The van der Waals surface area contributed by atoms with E-state index in [0.717, 1.165) is 0 Å². The highest BCUT2D eigenvalue weighted by Gasteiger charge is 2.30. The number of Topliss-reactive ketones (excluding diaryl/α,β-unsaturated/α-hetero) is 1. The van der Waals surface area contributed by atoms with Gasteiger partial charge in [0, 0.05) is 19.7 Å². The summed E-state index contributed by atoms with van der Waals surface area (Å²) in [6, 6.07) is 5.21. The van der Waals surface area contributed by atoms with E-state index in [4.69, 9.17) is 0 Å². The molecule has 0 atom stereocenters. The number of halogens is 3. The number of nitrogens with zero attached hydrogens (tertiary/aromatic N) is 2. The van der Waals surface area contributed by atoms with Crippen LogP contribution >= 0.6 is 0 Å². The van der Waals surface area contributed by atoms with Gasteiger partial charge in [-0.15, -0.1) is 13.2 Å². The van der Waals surface area contributed by atoms with Crippen LogP contribution in [-0.2, 0) is 13.5 Å². The molecule has 0 aliphatic carbocycles. The van der Waals surface area contributed by atoms with Crippen molar-refractivity contribution >= 4 is 5.78 Å². The van der Waals surface area contributed by atoms with Crippen LogP contribution in [-0.4, -0.2) is 21.9 Å². The summed E-state index contributed by atoms with van der Waals surface area (Å²) < 4.78 is 41.2. The lowest BCUT2D eigenvalue weighted by Gasteiger charge is -2.08. The third-order valence-electron chi connectivity index (χ3n) is 2.55. The molecule has 0 bridgehead atoms. The Bertz CT molecular complexity index is 603. The number of alkyl halides is 3. The second kappa shape index (κ2) is 5.36. The lowest BCUT2D eigenvalue weighted by Crippen LogP contribution is -2.17. The lowest BCUT2D eigenvalue weighted by atomic mass is 10.1. The Morgan fingerprint density at radius 2 is 1.95 bits per heavy atom. The molecule has 0 radical (unpaired) electrons. The van der Waals surface area contributed by atoms with Crippen LogP contribution in [0.5, 0.6) is 5.75 Å². The molecule has 0 N–H and O–H groups in total. The van der Waals surface area contributed by atoms with Crippen molar-refractivity contribution in [2.24, 2.45) is 7.05 Å². The van der Waals surface area contributed by atoms with Gasteiger partial charge in [-0.1, -0.05) is 12.1 Å². The number of aromatic nitrogens is 2. The molecule has 4 nitrogen and oxygen atoms in total. The van der Waals surface area contributed by atoms with Gasteiger partial charge in [0.2, 0.25) is 0 Å². The van der Waals surface area contributed by atoms with E-state index < -0.39 is 6.36 Å². The zero-order chi connectivity index (χ0) is 14.8. The van der Waals surface area contributed by atoms with Crippen molar-refractivity contribution in [2.45, 2.75) is 12.8 Å². The fourth-order valence-electron chi connectivity index (χ4n) is 1.66. The van der Waals surface area contributed by atoms with Gasteiger partial charge in [0.05, 0.1) is 11.8 Å². The Balaban J connectivity index is 2.02. The Kier molecular flexibility index (Phi) is 3.78. The molecule has 0 spiro atoms. The lowest BCUT2D eigenvalue weighted by molar-refractivity contribution is -0.274. The molecule has 0 fully saturated rings. The number of carbonyl (C=O) groups excluding carboxylic acids is 1. The van der Waals surface area contributed by atoms with Gasteiger partial charge in [-0.2, -0.15) is 5.10 Å². The van der Waals surface area contributed by atoms with Crippen molar-refractivity contribution in [1.82, 2.24) is 9.78 Å². The molecule has 2 aromatic rings. The van der Waals surface area contributed by atoms with Crippen LogP contribution in [0.4, 0.5) is 13.2 Å². The van der Waals surface area contributed by atoms with Gasteiger partial charge in [-0.3, -0.25) is 9.48 Å². The number of rotatable bonds is 4. The largest absolute Gasteiger partial charge is 0.573 e. The summed E-state index contributed by atoms with van der Waals surface area (Å²) in [5.74, 6) is -0.460. The highest BCUT2D eigenvalue weighted by molar-refractivity contribution is 5.97. The molecule has 1 aromatic carbocycles. The molecule has 0 aliphatic rings. The van der Waals surface area contributed by atoms with Gasteiger partial charge in [0.25, 0.3) is 0 Å². The van der Waals surface area contributed by atoms with E-state index >= 15 is 0 Å². The van der Waals surface area contributed by atoms with Crippen molar-refractivity contribution in [3.63, 3.8) is 0 Å². The summed E-state index contributed by atoms with van der Waals surface area (Å²) in [7, 11) is 1.69. The van der Waals surface area contributed by atoms with Crippen LogP contribution in [0.15, 0.2) is 36.7 Å². The molecule has 0 saturated heterocycles. The Labute approximate surface area is 112 Å². The van der Waals surface area contributed by atoms with E-state index in [0.29, 0.717) is 11.1 Å². The molecule has 0 amide bonds. The van der Waals surface area contributed by atoms with Crippen molar-refractivity contribution in [1.29, 1.82) is 0 Å². The fourth-order valence-corrected chi connectivity index (χ4v) is 1.66. The normalized spacial score (nSPS) is 11.4. The molecule has 0 saturated carbocycles. The van der Waals surface area contributed by atoms with Crippen molar-refractivity contribution in [3.8, 4) is 5.75 Å². The van der Waals surface area contributed by atoms with E-state index in [-0.39, 0.29) is 18.0 Å². The summed E-state index contributed by atoms with van der Waals surface area (Å²) in [5.41, 5.74) is 1.07. The monoisotopic (exact) mass is 284 g/mol. The highest BCUT2D eigenvalue weighted by atomic mass is 19.4. The maximum Gasteiger partial charge on any atom is 0.573 e. The minimum atomic E-state index is -4.72. The van der Waals surface area contributed by atoms with Gasteiger partial charge in [0.15, 0.2) is 5.78 Å². The number of hydrogen-bond acceptors (Lipinski definition) is 3. The molecule has 7 heteroatoms. The first kappa shape index (κ1) is 14.1. The maximum absolute atomic E-state index is 12.0. The summed E-state index contributed by atoms with van der Waals surface area (Å²) in [6.45, 7) is 0. The molecule has 20 heavy (non-hydrogen) atoms. The minimum absolute atomic E-state index is 0.0952. The predicted molar refractivity (Wildman–Crippen MR) is 64.4 cm³/mol. The molecule has 106 valence electrons. The first-order valence-corrected chi connectivity index (χ1v) is 5.70. The predicted octanol–water partition coefficient (Wildman–Crippen LogP) is 2.74. The van der Waals surface area contributed by atoms with Gasteiger partial charge in [0.1, 0.15) is 5.75 Å². The number of ether oxygens (including phenoxy) is 1. The Morgan fingerprint density at radius 1 is 1.30 bits per heavy atom. The summed E-state index contributed by atoms with van der Waals surface area (Å²) in [6.07, 6.45) is -1.59. The number of ketones is 1. The average Bonchev–Trinajstić information content (AvgIpc) is 2.77. The van der Waals surface area contributed by atoms with E-state index in [1.54, 1.807) is 13.2 Å². The van der Waals surface area contributed by atoms with Crippen LogP contribution in [0, 0.1) is 0 Å². The first-order chi connectivity index (χ1) is 9.33. The van der Waals surface area contributed by atoms with E-state index in [1.807, 2.05) is 0 Å². The van der Waals surface area contributed by atoms with Crippen LogP contribution in [0.3, 0.4) is 0 Å². The molecule has 2 rings (SSSR count). The SMILES string of the molecule is Cn1cc(C(=O)Cc2ccc(OC(F)(F)F)cc2)cn1. The first-order valence-electron chi connectivity index (χ1n) is 5.70. The van der Waals surface area contributed by atoms with Crippen molar-refractivity contribution in [2.75, 3.05) is 0 Å². The quantitative estimate of drug-likeness (QED) is 0.811.